The minimum absolute atomic E-state index is 1.01. The highest BCUT2D eigenvalue weighted by Gasteiger charge is 1.98. The summed E-state index contributed by atoms with van der Waals surface area (Å²) in [6.45, 7) is 7.78. The summed E-state index contributed by atoms with van der Waals surface area (Å²) in [5, 5.41) is 3.52. The van der Waals surface area contributed by atoms with E-state index in [-0.39, 0.29) is 0 Å². The summed E-state index contributed by atoms with van der Waals surface area (Å²) < 4.78 is 2.35. The van der Waals surface area contributed by atoms with Crippen LogP contribution in [0.1, 0.15) is 51.6 Å². The first-order valence-electron chi connectivity index (χ1n) is 6.73. The summed E-state index contributed by atoms with van der Waals surface area (Å²) in [6, 6.07) is 4.36. The Morgan fingerprint density at radius 3 is 2.75 bits per heavy atom. The molecule has 0 fully saturated rings. The van der Waals surface area contributed by atoms with Crippen molar-refractivity contribution < 1.29 is 0 Å². The summed E-state index contributed by atoms with van der Waals surface area (Å²) in [7, 11) is 0. The monoisotopic (exact) mass is 222 g/mol. The van der Waals surface area contributed by atoms with Gasteiger partial charge in [0.1, 0.15) is 0 Å². The molecule has 0 saturated carbocycles. The molecule has 0 spiro atoms. The molecule has 1 aromatic rings. The number of unbranched alkanes of at least 4 members (excludes halogenated alkanes) is 3. The zero-order chi connectivity index (χ0) is 11.6. The van der Waals surface area contributed by atoms with Crippen LogP contribution < -0.4 is 5.32 Å². The first-order valence-corrected chi connectivity index (χ1v) is 6.73. The molecule has 0 amide bonds. The van der Waals surface area contributed by atoms with Crippen molar-refractivity contribution in [2.45, 2.75) is 59.0 Å². The molecule has 2 heteroatoms. The third kappa shape index (κ3) is 4.84. The van der Waals surface area contributed by atoms with Crippen LogP contribution in [-0.2, 0) is 13.1 Å². The molecule has 1 N–H and O–H groups in total. The topological polar surface area (TPSA) is 17.0 Å². The Balaban J connectivity index is 2.13. The van der Waals surface area contributed by atoms with Crippen molar-refractivity contribution in [3.05, 3.63) is 24.0 Å². The summed E-state index contributed by atoms with van der Waals surface area (Å²) in [5.74, 6) is 0. The summed E-state index contributed by atoms with van der Waals surface area (Å²) in [4.78, 5) is 0. The van der Waals surface area contributed by atoms with Gasteiger partial charge in [-0.25, -0.2) is 0 Å². The van der Waals surface area contributed by atoms with Gasteiger partial charge in [-0.3, -0.25) is 0 Å². The zero-order valence-electron chi connectivity index (χ0n) is 10.8. The second kappa shape index (κ2) is 8.40. The van der Waals surface area contributed by atoms with E-state index < -0.39 is 0 Å². The lowest BCUT2D eigenvalue weighted by atomic mass is 10.2. The van der Waals surface area contributed by atoms with Crippen LogP contribution in [0.3, 0.4) is 0 Å². The first-order chi connectivity index (χ1) is 7.88. The molecule has 0 atom stereocenters. The number of hydrogen-bond acceptors (Lipinski definition) is 1. The fourth-order valence-corrected chi connectivity index (χ4v) is 1.96. The summed E-state index contributed by atoms with van der Waals surface area (Å²) in [5.41, 5.74) is 1.41. The van der Waals surface area contributed by atoms with Crippen molar-refractivity contribution in [1.82, 2.24) is 9.88 Å². The van der Waals surface area contributed by atoms with Crippen LogP contribution in [0.4, 0.5) is 0 Å². The van der Waals surface area contributed by atoms with Crippen LogP contribution in [-0.4, -0.2) is 11.1 Å². The first kappa shape index (κ1) is 13.3. The van der Waals surface area contributed by atoms with Gasteiger partial charge in [0.2, 0.25) is 0 Å². The van der Waals surface area contributed by atoms with Crippen molar-refractivity contribution in [2.75, 3.05) is 6.54 Å². The van der Waals surface area contributed by atoms with Crippen molar-refractivity contribution in [3.8, 4) is 0 Å². The molecule has 92 valence electrons. The molecule has 2 nitrogen and oxygen atoms in total. The Labute approximate surface area is 100 Å². The van der Waals surface area contributed by atoms with Crippen molar-refractivity contribution in [1.29, 1.82) is 0 Å². The molecule has 0 aliphatic carbocycles. The maximum absolute atomic E-state index is 3.52. The second-order valence-corrected chi connectivity index (χ2v) is 4.43. The van der Waals surface area contributed by atoms with Gasteiger partial charge < -0.3 is 9.88 Å². The average Bonchev–Trinajstić information content (AvgIpc) is 2.72. The molecule has 16 heavy (non-hydrogen) atoms. The quantitative estimate of drug-likeness (QED) is 0.632. The lowest BCUT2D eigenvalue weighted by molar-refractivity contribution is 0.569. The Kier molecular flexibility index (Phi) is 6.98. The fraction of sp³-hybridized carbons (Fsp3) is 0.714. The number of aryl methyl sites for hydroxylation is 1. The van der Waals surface area contributed by atoms with Gasteiger partial charge in [-0.05, 0) is 31.5 Å². The Morgan fingerprint density at radius 2 is 2.00 bits per heavy atom. The van der Waals surface area contributed by atoms with E-state index in [2.05, 4.69) is 42.1 Å². The van der Waals surface area contributed by atoms with E-state index in [1.54, 1.807) is 0 Å². The largest absolute Gasteiger partial charge is 0.350 e. The molecule has 0 unspecified atom stereocenters. The number of rotatable bonds is 9. The Bertz CT molecular complexity index is 265. The molecule has 0 aliphatic rings. The zero-order valence-corrected chi connectivity index (χ0v) is 10.8. The summed E-state index contributed by atoms with van der Waals surface area (Å²) in [6.07, 6.45) is 8.74. The van der Waals surface area contributed by atoms with E-state index in [1.165, 1.54) is 37.8 Å². The number of hydrogen-bond donors (Lipinski definition) is 1. The summed E-state index contributed by atoms with van der Waals surface area (Å²) >= 11 is 0. The van der Waals surface area contributed by atoms with E-state index >= 15 is 0 Å². The maximum Gasteiger partial charge on any atom is 0.0359 e. The normalized spacial score (nSPS) is 10.9. The van der Waals surface area contributed by atoms with Crippen molar-refractivity contribution in [3.63, 3.8) is 0 Å². The number of aromatic nitrogens is 1. The van der Waals surface area contributed by atoms with Crippen LogP contribution >= 0.6 is 0 Å². The van der Waals surface area contributed by atoms with Gasteiger partial charge in [-0.1, -0.05) is 33.1 Å². The SMILES string of the molecule is CCCCCCNCc1cccn1CCC. The van der Waals surface area contributed by atoms with E-state index in [9.17, 15) is 0 Å². The highest BCUT2D eigenvalue weighted by molar-refractivity contribution is 5.06. The third-order valence-electron chi connectivity index (χ3n) is 2.90. The standard InChI is InChI=1S/C14H26N2/c1-3-5-6-7-10-15-13-14-9-8-12-16(14)11-4-2/h8-9,12,15H,3-7,10-11,13H2,1-2H3. The van der Waals surface area contributed by atoms with Crippen LogP contribution in [0.15, 0.2) is 18.3 Å². The number of nitrogens with one attached hydrogen (secondary N) is 1. The van der Waals surface area contributed by atoms with Crippen molar-refractivity contribution in [2.24, 2.45) is 0 Å². The van der Waals surface area contributed by atoms with E-state index in [0.29, 0.717) is 0 Å². The minimum Gasteiger partial charge on any atom is -0.350 e. The van der Waals surface area contributed by atoms with Gasteiger partial charge >= 0.3 is 0 Å². The molecule has 0 saturated heterocycles. The lowest BCUT2D eigenvalue weighted by Gasteiger charge is -2.09. The highest BCUT2D eigenvalue weighted by atomic mass is 15.0. The minimum atomic E-state index is 1.01. The van der Waals surface area contributed by atoms with E-state index in [0.717, 1.165) is 19.6 Å². The average molecular weight is 222 g/mol. The molecular weight excluding hydrogens is 196 g/mol. The number of nitrogens with zero attached hydrogens (tertiary/aromatic N) is 1. The molecule has 1 aromatic heterocycles. The molecule has 0 bridgehead atoms. The third-order valence-corrected chi connectivity index (χ3v) is 2.90. The van der Waals surface area contributed by atoms with E-state index in [1.807, 2.05) is 0 Å². The molecule has 1 rings (SSSR count). The van der Waals surface area contributed by atoms with Crippen LogP contribution in [0.5, 0.6) is 0 Å². The van der Waals surface area contributed by atoms with Gasteiger partial charge in [-0.15, -0.1) is 0 Å². The predicted molar refractivity (Wildman–Crippen MR) is 70.6 cm³/mol. The highest BCUT2D eigenvalue weighted by Crippen LogP contribution is 2.03. The molecular formula is C14H26N2. The second-order valence-electron chi connectivity index (χ2n) is 4.43. The Hall–Kier alpha value is -0.760. The maximum atomic E-state index is 3.52. The predicted octanol–water partition coefficient (Wildman–Crippen LogP) is 3.57. The van der Waals surface area contributed by atoms with Crippen molar-refractivity contribution >= 4 is 0 Å². The fourth-order valence-electron chi connectivity index (χ4n) is 1.96. The molecule has 1 heterocycles. The van der Waals surface area contributed by atoms with Gasteiger partial charge in [0, 0.05) is 25.0 Å². The van der Waals surface area contributed by atoms with E-state index in [4.69, 9.17) is 0 Å². The molecule has 0 aliphatic heterocycles. The van der Waals surface area contributed by atoms with Crippen LogP contribution in [0, 0.1) is 0 Å². The van der Waals surface area contributed by atoms with Gasteiger partial charge in [0.25, 0.3) is 0 Å². The van der Waals surface area contributed by atoms with Gasteiger partial charge in [0.15, 0.2) is 0 Å². The smallest absolute Gasteiger partial charge is 0.0359 e. The Morgan fingerprint density at radius 1 is 1.12 bits per heavy atom. The lowest BCUT2D eigenvalue weighted by Crippen LogP contribution is -2.17. The molecule has 0 radical (unpaired) electrons. The van der Waals surface area contributed by atoms with Crippen LogP contribution in [0.2, 0.25) is 0 Å². The van der Waals surface area contributed by atoms with Gasteiger partial charge in [-0.2, -0.15) is 0 Å². The van der Waals surface area contributed by atoms with Gasteiger partial charge in [0.05, 0.1) is 0 Å². The van der Waals surface area contributed by atoms with Crippen LogP contribution in [0.25, 0.3) is 0 Å². The molecule has 0 aromatic carbocycles.